The van der Waals surface area contributed by atoms with Gasteiger partial charge in [-0.1, -0.05) is 30.3 Å². The van der Waals surface area contributed by atoms with Gasteiger partial charge in [0.05, 0.1) is 13.1 Å². The van der Waals surface area contributed by atoms with Crippen molar-refractivity contribution in [3.05, 3.63) is 59.7 Å². The smallest absolute Gasteiger partial charge is 0.239 e. The van der Waals surface area contributed by atoms with Crippen molar-refractivity contribution in [1.82, 2.24) is 16.0 Å². The maximum Gasteiger partial charge on any atom is 0.239 e. The van der Waals surface area contributed by atoms with Gasteiger partial charge >= 0.3 is 0 Å². The first-order chi connectivity index (χ1) is 14.2. The Morgan fingerprint density at radius 3 is 2.73 bits per heavy atom. The molecule has 3 N–H and O–H groups in total. The molecule has 0 radical (unpaired) electrons. The summed E-state index contributed by atoms with van der Waals surface area (Å²) in [5, 5.41) is 9.54. The molecular weight excluding hydrogens is 493 g/mol. The maximum absolute atomic E-state index is 11.6. The lowest BCUT2D eigenvalue weighted by molar-refractivity contribution is -0.120. The minimum atomic E-state index is 0. The van der Waals surface area contributed by atoms with E-state index in [0.29, 0.717) is 26.2 Å². The largest absolute Gasteiger partial charge is 0.488 e. The number of para-hydroxylation sites is 1. The molecule has 1 atom stereocenters. The number of hydrogen-bond acceptors (Lipinski definition) is 4. The van der Waals surface area contributed by atoms with Crippen molar-refractivity contribution < 1.29 is 9.53 Å². The van der Waals surface area contributed by atoms with Crippen LogP contribution in [0.2, 0.25) is 0 Å². The molecular formula is C22H28IN5O2. The van der Waals surface area contributed by atoms with Crippen molar-refractivity contribution in [2.75, 3.05) is 38.1 Å². The number of hydrogen-bond donors (Lipinski definition) is 3. The topological polar surface area (TPSA) is 78.0 Å². The predicted octanol–water partition coefficient (Wildman–Crippen LogP) is 1.91. The Bertz CT molecular complexity index is 862. The van der Waals surface area contributed by atoms with E-state index in [1.807, 2.05) is 18.2 Å². The number of carbonyl (C=O) groups is 1. The van der Waals surface area contributed by atoms with E-state index in [9.17, 15) is 4.79 Å². The second kappa shape index (κ2) is 10.5. The van der Waals surface area contributed by atoms with Crippen LogP contribution in [0.4, 0.5) is 5.69 Å². The third-order valence-corrected chi connectivity index (χ3v) is 5.23. The lowest BCUT2D eigenvalue weighted by Crippen LogP contribution is -2.47. The molecule has 0 saturated carbocycles. The molecule has 0 bridgehead atoms. The summed E-state index contributed by atoms with van der Waals surface area (Å²) in [6.45, 7) is 3.32. The van der Waals surface area contributed by atoms with Crippen LogP contribution in [0.25, 0.3) is 0 Å². The van der Waals surface area contributed by atoms with Gasteiger partial charge in [0, 0.05) is 38.8 Å². The van der Waals surface area contributed by atoms with Gasteiger partial charge in [0.15, 0.2) is 5.96 Å². The number of carbonyl (C=O) groups excluding carboxylic acids is 1. The number of nitrogens with zero attached hydrogens (tertiary/aromatic N) is 2. The first-order valence-corrected chi connectivity index (χ1v) is 10.0. The van der Waals surface area contributed by atoms with Crippen molar-refractivity contribution in [3.63, 3.8) is 0 Å². The standard InChI is InChI=1S/C22H27N5O2.HI/c1-23-22(26-14-19-12-17-4-2-3-5-20(17)29-19)25-13-16-6-8-18(9-7-16)27-11-10-24-21(28)15-27;/h2-9,19H,10-15H2,1H3,(H,24,28)(H2,23,25,26);1H. The van der Waals surface area contributed by atoms with Crippen molar-refractivity contribution in [2.45, 2.75) is 19.1 Å². The van der Waals surface area contributed by atoms with E-state index in [0.717, 1.165) is 35.9 Å². The summed E-state index contributed by atoms with van der Waals surface area (Å²) in [6, 6.07) is 16.5. The molecule has 8 heteroatoms. The van der Waals surface area contributed by atoms with Crippen LogP contribution >= 0.6 is 24.0 Å². The van der Waals surface area contributed by atoms with E-state index < -0.39 is 0 Å². The molecule has 2 aromatic rings. The second-order valence-corrected chi connectivity index (χ2v) is 7.30. The quantitative estimate of drug-likeness (QED) is 0.319. The summed E-state index contributed by atoms with van der Waals surface area (Å²) in [5.41, 5.74) is 3.49. The number of anilines is 1. The molecule has 2 aliphatic rings. The van der Waals surface area contributed by atoms with Crippen LogP contribution in [0.15, 0.2) is 53.5 Å². The summed E-state index contributed by atoms with van der Waals surface area (Å²) in [6.07, 6.45) is 1.03. The van der Waals surface area contributed by atoms with Crippen LogP contribution in [0.1, 0.15) is 11.1 Å². The van der Waals surface area contributed by atoms with Gasteiger partial charge in [-0.3, -0.25) is 9.79 Å². The molecule has 4 rings (SSSR count). The summed E-state index contributed by atoms with van der Waals surface area (Å²) in [4.78, 5) is 17.9. The van der Waals surface area contributed by atoms with Crippen molar-refractivity contribution in [3.8, 4) is 5.75 Å². The maximum atomic E-state index is 11.6. The third-order valence-electron chi connectivity index (χ3n) is 5.23. The van der Waals surface area contributed by atoms with E-state index in [2.05, 4.69) is 56.2 Å². The number of fused-ring (bicyclic) bond motifs is 1. The Morgan fingerprint density at radius 2 is 2.00 bits per heavy atom. The van der Waals surface area contributed by atoms with Crippen molar-refractivity contribution in [2.24, 2.45) is 4.99 Å². The molecule has 0 aromatic heterocycles. The van der Waals surface area contributed by atoms with E-state index in [-0.39, 0.29) is 36.0 Å². The number of nitrogens with one attached hydrogen (secondary N) is 3. The fourth-order valence-corrected chi connectivity index (χ4v) is 3.67. The van der Waals surface area contributed by atoms with E-state index in [1.54, 1.807) is 7.05 Å². The van der Waals surface area contributed by atoms with E-state index in [1.165, 1.54) is 5.56 Å². The Morgan fingerprint density at radius 1 is 1.20 bits per heavy atom. The molecule has 160 valence electrons. The molecule has 1 saturated heterocycles. The highest BCUT2D eigenvalue weighted by molar-refractivity contribution is 14.0. The normalized spacial score (nSPS) is 18.0. The number of halogens is 1. The van der Waals surface area contributed by atoms with Crippen LogP contribution in [-0.2, 0) is 17.8 Å². The van der Waals surface area contributed by atoms with E-state index >= 15 is 0 Å². The Hall–Kier alpha value is -2.49. The molecule has 0 aliphatic carbocycles. The monoisotopic (exact) mass is 521 g/mol. The highest BCUT2D eigenvalue weighted by Crippen LogP contribution is 2.27. The molecule has 7 nitrogen and oxygen atoms in total. The number of piperazine rings is 1. The Kier molecular flexibility index (Phi) is 7.78. The molecule has 1 unspecified atom stereocenters. The number of rotatable bonds is 5. The fourth-order valence-electron chi connectivity index (χ4n) is 3.67. The van der Waals surface area contributed by atoms with Crippen LogP contribution in [0.3, 0.4) is 0 Å². The zero-order chi connectivity index (χ0) is 20.1. The zero-order valence-electron chi connectivity index (χ0n) is 17.1. The summed E-state index contributed by atoms with van der Waals surface area (Å²) < 4.78 is 5.96. The highest BCUT2D eigenvalue weighted by atomic mass is 127. The predicted molar refractivity (Wildman–Crippen MR) is 130 cm³/mol. The first-order valence-electron chi connectivity index (χ1n) is 10.0. The minimum absolute atomic E-state index is 0. The number of aliphatic imine (C=N–C) groups is 1. The Balaban J connectivity index is 0.00000256. The van der Waals surface area contributed by atoms with Crippen molar-refractivity contribution in [1.29, 1.82) is 0 Å². The molecule has 30 heavy (non-hydrogen) atoms. The van der Waals surface area contributed by atoms with Crippen LogP contribution in [0.5, 0.6) is 5.75 Å². The van der Waals surface area contributed by atoms with Gasteiger partial charge in [0.25, 0.3) is 0 Å². The number of ether oxygens (including phenoxy) is 1. The fraction of sp³-hybridized carbons (Fsp3) is 0.364. The van der Waals surface area contributed by atoms with Gasteiger partial charge in [-0.25, -0.2) is 0 Å². The summed E-state index contributed by atoms with van der Waals surface area (Å²) >= 11 is 0. The number of benzene rings is 2. The molecule has 1 amide bonds. The van der Waals surface area contributed by atoms with Gasteiger partial charge in [0.1, 0.15) is 11.9 Å². The van der Waals surface area contributed by atoms with Gasteiger partial charge in [0.2, 0.25) is 5.91 Å². The van der Waals surface area contributed by atoms with Crippen LogP contribution < -0.4 is 25.6 Å². The van der Waals surface area contributed by atoms with Gasteiger partial charge in [-0.05, 0) is 29.3 Å². The van der Waals surface area contributed by atoms with Crippen LogP contribution in [0, 0.1) is 0 Å². The minimum Gasteiger partial charge on any atom is -0.488 e. The van der Waals surface area contributed by atoms with Gasteiger partial charge < -0.3 is 25.6 Å². The number of amides is 1. The second-order valence-electron chi connectivity index (χ2n) is 7.30. The first kappa shape index (κ1) is 22.2. The third kappa shape index (κ3) is 5.56. The summed E-state index contributed by atoms with van der Waals surface area (Å²) in [5.74, 6) is 1.81. The average molecular weight is 521 g/mol. The lowest BCUT2D eigenvalue weighted by atomic mass is 10.1. The zero-order valence-corrected chi connectivity index (χ0v) is 19.4. The number of guanidine groups is 1. The average Bonchev–Trinajstić information content (AvgIpc) is 3.17. The van der Waals surface area contributed by atoms with Gasteiger partial charge in [-0.2, -0.15) is 0 Å². The molecule has 2 heterocycles. The molecule has 2 aliphatic heterocycles. The van der Waals surface area contributed by atoms with Crippen molar-refractivity contribution >= 4 is 41.5 Å². The van der Waals surface area contributed by atoms with Gasteiger partial charge in [-0.15, -0.1) is 24.0 Å². The highest BCUT2D eigenvalue weighted by Gasteiger charge is 2.22. The Labute approximate surface area is 194 Å². The summed E-state index contributed by atoms with van der Waals surface area (Å²) in [7, 11) is 1.77. The van der Waals surface area contributed by atoms with Crippen LogP contribution in [-0.4, -0.2) is 51.2 Å². The molecule has 2 aromatic carbocycles. The lowest BCUT2D eigenvalue weighted by Gasteiger charge is -2.28. The molecule has 1 fully saturated rings. The van der Waals surface area contributed by atoms with E-state index in [4.69, 9.17) is 4.74 Å². The SMILES string of the molecule is CN=C(NCc1ccc(N2CCNC(=O)C2)cc1)NCC1Cc2ccccc2O1.I. The molecule has 0 spiro atoms.